The van der Waals surface area contributed by atoms with E-state index in [0.717, 1.165) is 16.9 Å². The van der Waals surface area contributed by atoms with E-state index in [-0.39, 0.29) is 0 Å². The molecule has 0 atom stereocenters. The Morgan fingerprint density at radius 3 is 1.75 bits per heavy atom. The predicted molar refractivity (Wildman–Crippen MR) is 112 cm³/mol. The summed E-state index contributed by atoms with van der Waals surface area (Å²) in [4.78, 5) is 9.19. The normalized spacial score (nSPS) is 10.1. The van der Waals surface area contributed by atoms with Crippen LogP contribution in [0.3, 0.4) is 0 Å². The molecule has 5 nitrogen and oxygen atoms in total. The summed E-state index contributed by atoms with van der Waals surface area (Å²) >= 11 is 0. The Balaban J connectivity index is 1.83. The molecule has 0 saturated heterocycles. The molecule has 0 spiro atoms. The molecule has 0 unspecified atom stereocenters. The van der Waals surface area contributed by atoms with E-state index in [4.69, 9.17) is 0 Å². The van der Waals surface area contributed by atoms with Gasteiger partial charge in [0.2, 0.25) is 5.95 Å². The van der Waals surface area contributed by atoms with Crippen molar-refractivity contribution in [3.63, 3.8) is 0 Å². The molecule has 2 N–H and O–H groups in total. The highest BCUT2D eigenvalue weighted by Crippen LogP contribution is 2.30. The highest BCUT2D eigenvalue weighted by Gasteiger charge is 2.16. The third kappa shape index (κ3) is 3.81. The number of aromatic nitrogens is 2. The summed E-state index contributed by atoms with van der Waals surface area (Å²) in [5.41, 5.74) is 3.55. The fourth-order valence-electron chi connectivity index (χ4n) is 2.83. The van der Waals surface area contributed by atoms with Gasteiger partial charge in [0, 0.05) is 16.9 Å². The van der Waals surface area contributed by atoms with Crippen LogP contribution in [0.15, 0.2) is 91.0 Å². The van der Waals surface area contributed by atoms with Gasteiger partial charge in [-0.25, -0.2) is 4.98 Å². The number of nitrogens with one attached hydrogen (secondary N) is 2. The van der Waals surface area contributed by atoms with Crippen molar-refractivity contribution in [3.8, 4) is 17.3 Å². The van der Waals surface area contributed by atoms with Gasteiger partial charge >= 0.3 is 0 Å². The van der Waals surface area contributed by atoms with Crippen LogP contribution in [0.25, 0.3) is 11.3 Å². The molecule has 0 amide bonds. The second-order valence-corrected chi connectivity index (χ2v) is 6.08. The van der Waals surface area contributed by atoms with E-state index in [2.05, 4.69) is 26.7 Å². The zero-order chi connectivity index (χ0) is 19.2. The van der Waals surface area contributed by atoms with Crippen molar-refractivity contribution < 1.29 is 0 Å². The molecule has 4 rings (SSSR count). The van der Waals surface area contributed by atoms with Crippen LogP contribution < -0.4 is 10.6 Å². The Labute approximate surface area is 163 Å². The van der Waals surface area contributed by atoms with Crippen molar-refractivity contribution in [1.29, 1.82) is 5.26 Å². The molecule has 0 fully saturated rings. The molecule has 0 aliphatic rings. The topological polar surface area (TPSA) is 73.6 Å². The summed E-state index contributed by atoms with van der Waals surface area (Å²) in [5.74, 6) is 0.878. The van der Waals surface area contributed by atoms with Gasteiger partial charge in [0.05, 0.1) is 5.69 Å². The van der Waals surface area contributed by atoms with Crippen molar-refractivity contribution >= 4 is 23.1 Å². The summed E-state index contributed by atoms with van der Waals surface area (Å²) in [5, 5.41) is 16.3. The zero-order valence-electron chi connectivity index (χ0n) is 15.0. The van der Waals surface area contributed by atoms with Gasteiger partial charge in [-0.2, -0.15) is 10.2 Å². The standard InChI is InChI=1S/C23H17N5/c24-16-20-21(17-10-4-1-5-11-17)27-23(26-19-14-8-3-9-15-19)28-22(20)25-18-12-6-2-7-13-18/h1-15H,(H2,25,26,27,28). The minimum Gasteiger partial charge on any atom is -0.339 e. The summed E-state index contributed by atoms with van der Waals surface area (Å²) in [7, 11) is 0. The molecule has 134 valence electrons. The van der Waals surface area contributed by atoms with Crippen molar-refractivity contribution in [3.05, 3.63) is 96.6 Å². The summed E-state index contributed by atoms with van der Waals surface area (Å²) in [6, 6.07) is 31.3. The molecule has 5 heteroatoms. The first-order valence-corrected chi connectivity index (χ1v) is 8.85. The van der Waals surface area contributed by atoms with Crippen molar-refractivity contribution in [2.24, 2.45) is 0 Å². The van der Waals surface area contributed by atoms with E-state index in [1.165, 1.54) is 0 Å². The zero-order valence-corrected chi connectivity index (χ0v) is 15.0. The first-order valence-electron chi connectivity index (χ1n) is 8.85. The Bertz CT molecular complexity index is 1100. The van der Waals surface area contributed by atoms with Crippen LogP contribution in [-0.2, 0) is 0 Å². The first kappa shape index (κ1) is 17.3. The lowest BCUT2D eigenvalue weighted by atomic mass is 10.1. The average Bonchev–Trinajstić information content (AvgIpc) is 2.75. The molecule has 0 aliphatic heterocycles. The SMILES string of the molecule is N#Cc1c(Nc2ccccc2)nc(Nc2ccccc2)nc1-c1ccccc1. The van der Waals surface area contributed by atoms with E-state index in [1.807, 2.05) is 91.0 Å². The van der Waals surface area contributed by atoms with E-state index in [0.29, 0.717) is 23.0 Å². The first-order chi connectivity index (χ1) is 13.8. The minimum absolute atomic E-state index is 0.397. The minimum atomic E-state index is 0.397. The Hall–Kier alpha value is -4.17. The number of hydrogen-bond acceptors (Lipinski definition) is 5. The van der Waals surface area contributed by atoms with Crippen molar-refractivity contribution in [2.45, 2.75) is 0 Å². The van der Waals surface area contributed by atoms with Crippen LogP contribution in [0.1, 0.15) is 5.56 Å². The van der Waals surface area contributed by atoms with Crippen LogP contribution in [0.2, 0.25) is 0 Å². The molecular weight excluding hydrogens is 346 g/mol. The quantitative estimate of drug-likeness (QED) is 0.489. The van der Waals surface area contributed by atoms with Crippen molar-refractivity contribution in [2.75, 3.05) is 10.6 Å². The molecular formula is C23H17N5. The molecule has 0 saturated carbocycles. The van der Waals surface area contributed by atoms with Crippen LogP contribution in [0.4, 0.5) is 23.1 Å². The molecule has 0 bridgehead atoms. The van der Waals surface area contributed by atoms with Crippen LogP contribution in [0.5, 0.6) is 0 Å². The molecule has 4 aromatic rings. The number of para-hydroxylation sites is 2. The second kappa shape index (κ2) is 8.02. The number of nitrogens with zero attached hydrogens (tertiary/aromatic N) is 3. The average molecular weight is 363 g/mol. The lowest BCUT2D eigenvalue weighted by Crippen LogP contribution is -2.06. The molecule has 1 aromatic heterocycles. The van der Waals surface area contributed by atoms with Gasteiger partial charge in [0.15, 0.2) is 5.82 Å². The van der Waals surface area contributed by atoms with Gasteiger partial charge in [-0.15, -0.1) is 0 Å². The smallest absolute Gasteiger partial charge is 0.229 e. The van der Waals surface area contributed by atoms with Gasteiger partial charge in [-0.1, -0.05) is 66.7 Å². The lowest BCUT2D eigenvalue weighted by molar-refractivity contribution is 1.16. The van der Waals surface area contributed by atoms with E-state index < -0.39 is 0 Å². The largest absolute Gasteiger partial charge is 0.339 e. The maximum Gasteiger partial charge on any atom is 0.229 e. The van der Waals surface area contributed by atoms with Crippen molar-refractivity contribution in [1.82, 2.24) is 9.97 Å². The Morgan fingerprint density at radius 2 is 1.18 bits per heavy atom. The number of benzene rings is 3. The van der Waals surface area contributed by atoms with Gasteiger partial charge in [-0.05, 0) is 24.3 Å². The number of hydrogen-bond donors (Lipinski definition) is 2. The number of nitriles is 1. The molecule has 3 aromatic carbocycles. The lowest BCUT2D eigenvalue weighted by Gasteiger charge is -2.14. The number of anilines is 4. The highest BCUT2D eigenvalue weighted by atomic mass is 15.1. The summed E-state index contributed by atoms with van der Waals surface area (Å²) in [6.07, 6.45) is 0. The third-order valence-corrected chi connectivity index (χ3v) is 4.13. The molecule has 28 heavy (non-hydrogen) atoms. The van der Waals surface area contributed by atoms with Crippen LogP contribution >= 0.6 is 0 Å². The van der Waals surface area contributed by atoms with Gasteiger partial charge in [0.25, 0.3) is 0 Å². The van der Waals surface area contributed by atoms with Crippen LogP contribution in [0, 0.1) is 11.3 Å². The van der Waals surface area contributed by atoms with Gasteiger partial charge in [-0.3, -0.25) is 0 Å². The Kier molecular flexibility index (Phi) is 4.94. The molecule has 1 heterocycles. The van der Waals surface area contributed by atoms with E-state index in [1.54, 1.807) is 0 Å². The summed E-state index contributed by atoms with van der Waals surface area (Å²) < 4.78 is 0. The maximum atomic E-state index is 9.83. The second-order valence-electron chi connectivity index (χ2n) is 6.08. The Morgan fingerprint density at radius 1 is 0.643 bits per heavy atom. The molecule has 0 radical (unpaired) electrons. The third-order valence-electron chi connectivity index (χ3n) is 4.13. The summed E-state index contributed by atoms with van der Waals surface area (Å²) in [6.45, 7) is 0. The fourth-order valence-corrected chi connectivity index (χ4v) is 2.83. The predicted octanol–water partition coefficient (Wildman–Crippen LogP) is 5.50. The number of rotatable bonds is 5. The van der Waals surface area contributed by atoms with Gasteiger partial charge in [0.1, 0.15) is 11.6 Å². The van der Waals surface area contributed by atoms with Gasteiger partial charge < -0.3 is 10.6 Å². The monoisotopic (exact) mass is 363 g/mol. The molecule has 0 aliphatic carbocycles. The van der Waals surface area contributed by atoms with E-state index >= 15 is 0 Å². The van der Waals surface area contributed by atoms with Crippen LogP contribution in [-0.4, -0.2) is 9.97 Å². The maximum absolute atomic E-state index is 9.83. The highest BCUT2D eigenvalue weighted by molar-refractivity contribution is 5.77. The fraction of sp³-hybridized carbons (Fsp3) is 0. The van der Waals surface area contributed by atoms with E-state index in [9.17, 15) is 5.26 Å².